The number of benzene rings is 1. The van der Waals surface area contributed by atoms with Gasteiger partial charge in [-0.25, -0.2) is 0 Å². The van der Waals surface area contributed by atoms with E-state index in [-0.39, 0.29) is 12.5 Å². The molecular formula is C14H17N3O2. The minimum absolute atomic E-state index is 0.181. The minimum Gasteiger partial charge on any atom is -0.361 e. The van der Waals surface area contributed by atoms with Crippen LogP contribution in [0.3, 0.4) is 0 Å². The van der Waals surface area contributed by atoms with Gasteiger partial charge < -0.3 is 20.4 Å². The molecule has 1 amide bonds. The molecule has 0 aliphatic heterocycles. The third-order valence-electron chi connectivity index (χ3n) is 2.96. The second-order valence-electron chi connectivity index (χ2n) is 4.40. The highest BCUT2D eigenvalue weighted by atomic mass is 16.2. The smallest absolute Gasteiger partial charge is 0.234 e. The highest BCUT2D eigenvalue weighted by Crippen LogP contribution is 2.18. The van der Waals surface area contributed by atoms with Crippen LogP contribution in [-0.4, -0.2) is 36.8 Å². The average Bonchev–Trinajstić information content (AvgIpc) is 2.82. The van der Waals surface area contributed by atoms with E-state index < -0.39 is 6.04 Å². The van der Waals surface area contributed by atoms with Crippen molar-refractivity contribution in [2.75, 3.05) is 13.6 Å². The van der Waals surface area contributed by atoms with Crippen LogP contribution in [-0.2, 0) is 16.0 Å². The highest BCUT2D eigenvalue weighted by molar-refractivity contribution is 5.85. The average molecular weight is 259 g/mol. The van der Waals surface area contributed by atoms with Gasteiger partial charge in [0.2, 0.25) is 5.91 Å². The van der Waals surface area contributed by atoms with Gasteiger partial charge in [0.05, 0.1) is 12.6 Å². The maximum absolute atomic E-state index is 11.5. The largest absolute Gasteiger partial charge is 0.361 e. The molecule has 0 saturated heterocycles. The molecule has 0 saturated carbocycles. The molecule has 100 valence electrons. The summed E-state index contributed by atoms with van der Waals surface area (Å²) in [6.45, 7) is 0.207. The van der Waals surface area contributed by atoms with Gasteiger partial charge in [0.25, 0.3) is 0 Å². The Morgan fingerprint density at radius 3 is 2.95 bits per heavy atom. The molecule has 0 radical (unpaired) electrons. The molecule has 1 atom stereocenters. The molecule has 0 aliphatic rings. The van der Waals surface area contributed by atoms with Crippen molar-refractivity contribution in [1.29, 1.82) is 0 Å². The fourth-order valence-corrected chi connectivity index (χ4v) is 2.09. The normalized spacial score (nSPS) is 12.3. The number of para-hydroxylation sites is 1. The fraction of sp³-hybridized carbons (Fsp3) is 0.286. The number of H-pyrrole nitrogens is 1. The monoisotopic (exact) mass is 259 g/mol. The van der Waals surface area contributed by atoms with Crippen molar-refractivity contribution >= 4 is 23.1 Å². The van der Waals surface area contributed by atoms with Gasteiger partial charge in [-0.15, -0.1) is 0 Å². The predicted molar refractivity (Wildman–Crippen MR) is 73.9 cm³/mol. The first-order valence-electron chi connectivity index (χ1n) is 6.19. The molecule has 0 bridgehead atoms. The number of likely N-dealkylation sites (N-methyl/N-ethyl adjacent to an activating group) is 1. The van der Waals surface area contributed by atoms with E-state index >= 15 is 0 Å². The number of hydrogen-bond acceptors (Lipinski definition) is 3. The first-order valence-corrected chi connectivity index (χ1v) is 6.19. The van der Waals surface area contributed by atoms with E-state index in [1.54, 1.807) is 7.05 Å². The topological polar surface area (TPSA) is 74.0 Å². The molecule has 0 unspecified atom stereocenters. The number of aldehydes is 1. The first kappa shape index (κ1) is 13.3. The zero-order valence-corrected chi connectivity index (χ0v) is 10.8. The number of carbonyl (C=O) groups excluding carboxylic acids is 2. The Morgan fingerprint density at radius 2 is 2.21 bits per heavy atom. The molecule has 19 heavy (non-hydrogen) atoms. The van der Waals surface area contributed by atoms with E-state index in [0.29, 0.717) is 6.42 Å². The van der Waals surface area contributed by atoms with E-state index in [9.17, 15) is 9.59 Å². The van der Waals surface area contributed by atoms with Crippen LogP contribution in [0.2, 0.25) is 0 Å². The summed E-state index contributed by atoms with van der Waals surface area (Å²) in [5, 5.41) is 6.52. The maximum atomic E-state index is 11.5. The summed E-state index contributed by atoms with van der Waals surface area (Å²) in [6.07, 6.45) is 3.14. The number of rotatable bonds is 6. The predicted octanol–water partition coefficient (Wildman–Crippen LogP) is 0.614. The van der Waals surface area contributed by atoms with Crippen molar-refractivity contribution in [2.24, 2.45) is 0 Å². The lowest BCUT2D eigenvalue weighted by Crippen LogP contribution is -2.41. The van der Waals surface area contributed by atoms with Crippen molar-refractivity contribution in [2.45, 2.75) is 12.5 Å². The van der Waals surface area contributed by atoms with Gasteiger partial charge in [0.15, 0.2) is 0 Å². The van der Waals surface area contributed by atoms with Gasteiger partial charge >= 0.3 is 0 Å². The number of hydrogen-bond donors (Lipinski definition) is 3. The molecule has 3 N–H and O–H groups in total. The molecule has 5 heteroatoms. The van der Waals surface area contributed by atoms with Crippen LogP contribution in [0.25, 0.3) is 10.9 Å². The number of carbonyl (C=O) groups is 2. The van der Waals surface area contributed by atoms with E-state index in [1.807, 2.05) is 30.5 Å². The van der Waals surface area contributed by atoms with Crippen LogP contribution < -0.4 is 10.6 Å². The summed E-state index contributed by atoms with van der Waals surface area (Å²) < 4.78 is 0. The van der Waals surface area contributed by atoms with Gasteiger partial charge in [-0.3, -0.25) is 4.79 Å². The van der Waals surface area contributed by atoms with Crippen LogP contribution in [0.1, 0.15) is 5.56 Å². The molecule has 1 heterocycles. The Labute approximate surface area is 111 Å². The number of aromatic amines is 1. The Hall–Kier alpha value is -2.14. The van der Waals surface area contributed by atoms with Crippen molar-refractivity contribution in [3.05, 3.63) is 36.0 Å². The Balaban J connectivity index is 2.10. The molecule has 0 fully saturated rings. The number of fused-ring (bicyclic) bond motifs is 1. The zero-order chi connectivity index (χ0) is 13.7. The Bertz CT molecular complexity index is 577. The standard InChI is InChI=1S/C14H17N3O2/c1-15-8-14(19)17-11(9-18)6-10-7-16-13-5-3-2-4-12(10)13/h2-5,7,9,11,15-16H,6,8H2,1H3,(H,17,19)/t11-/m0/s1. The summed E-state index contributed by atoms with van der Waals surface area (Å²) in [4.78, 5) is 25.7. The summed E-state index contributed by atoms with van der Waals surface area (Å²) in [5.74, 6) is -0.181. The van der Waals surface area contributed by atoms with Crippen molar-refractivity contribution in [1.82, 2.24) is 15.6 Å². The molecule has 2 aromatic rings. The van der Waals surface area contributed by atoms with Gasteiger partial charge in [0, 0.05) is 23.5 Å². The Kier molecular flexibility index (Phi) is 4.30. The van der Waals surface area contributed by atoms with E-state index in [2.05, 4.69) is 15.6 Å². The van der Waals surface area contributed by atoms with Crippen LogP contribution in [0.5, 0.6) is 0 Å². The summed E-state index contributed by atoms with van der Waals surface area (Å²) >= 11 is 0. The molecular weight excluding hydrogens is 242 g/mol. The molecule has 0 aliphatic carbocycles. The molecule has 1 aromatic carbocycles. The van der Waals surface area contributed by atoms with Crippen molar-refractivity contribution < 1.29 is 9.59 Å². The van der Waals surface area contributed by atoms with Crippen molar-refractivity contribution in [3.63, 3.8) is 0 Å². The molecule has 0 spiro atoms. The van der Waals surface area contributed by atoms with Crippen LogP contribution in [0.15, 0.2) is 30.5 Å². The second kappa shape index (κ2) is 6.15. The highest BCUT2D eigenvalue weighted by Gasteiger charge is 2.13. The summed E-state index contributed by atoms with van der Waals surface area (Å²) in [7, 11) is 1.69. The molecule has 2 rings (SSSR count). The van der Waals surface area contributed by atoms with Crippen molar-refractivity contribution in [3.8, 4) is 0 Å². The lowest BCUT2D eigenvalue weighted by molar-refractivity contribution is -0.123. The van der Waals surface area contributed by atoms with Crippen LogP contribution in [0, 0.1) is 0 Å². The zero-order valence-electron chi connectivity index (χ0n) is 10.8. The first-order chi connectivity index (χ1) is 9.24. The molecule has 1 aromatic heterocycles. The van der Waals surface area contributed by atoms with E-state index in [0.717, 1.165) is 22.8 Å². The number of aromatic nitrogens is 1. The number of nitrogens with one attached hydrogen (secondary N) is 3. The lowest BCUT2D eigenvalue weighted by Gasteiger charge is -2.12. The van der Waals surface area contributed by atoms with Gasteiger partial charge in [-0.1, -0.05) is 18.2 Å². The SMILES string of the molecule is CNCC(=O)N[C@H](C=O)Cc1c[nH]c2ccccc12. The third kappa shape index (κ3) is 3.20. The fourth-order valence-electron chi connectivity index (χ4n) is 2.09. The summed E-state index contributed by atoms with van der Waals surface area (Å²) in [6, 6.07) is 7.39. The quantitative estimate of drug-likeness (QED) is 0.666. The Morgan fingerprint density at radius 1 is 1.42 bits per heavy atom. The third-order valence-corrected chi connectivity index (χ3v) is 2.96. The van der Waals surface area contributed by atoms with Crippen LogP contribution in [0.4, 0.5) is 0 Å². The molecule has 5 nitrogen and oxygen atoms in total. The minimum atomic E-state index is -0.500. The lowest BCUT2D eigenvalue weighted by atomic mass is 10.1. The van der Waals surface area contributed by atoms with E-state index in [1.165, 1.54) is 0 Å². The van der Waals surface area contributed by atoms with Gasteiger partial charge in [-0.05, 0) is 18.7 Å². The summed E-state index contributed by atoms with van der Waals surface area (Å²) in [5.41, 5.74) is 2.06. The van der Waals surface area contributed by atoms with Gasteiger partial charge in [-0.2, -0.15) is 0 Å². The van der Waals surface area contributed by atoms with Gasteiger partial charge in [0.1, 0.15) is 6.29 Å². The number of amides is 1. The second-order valence-corrected chi connectivity index (χ2v) is 4.40. The maximum Gasteiger partial charge on any atom is 0.234 e. The van der Waals surface area contributed by atoms with Crippen LogP contribution >= 0.6 is 0 Å². The van der Waals surface area contributed by atoms with E-state index in [4.69, 9.17) is 0 Å².